The molecule has 0 heterocycles. The molecule has 1 fully saturated rings. The molecule has 1 rings (SSSR count). The van der Waals surface area contributed by atoms with E-state index in [2.05, 4.69) is 0 Å². The van der Waals surface area contributed by atoms with Gasteiger partial charge in [0, 0.05) is 23.9 Å². The van der Waals surface area contributed by atoms with E-state index < -0.39 is 16.7 Å². The number of unbranched alkanes of at least 4 members (excludes halogenated alkanes) is 2. The Morgan fingerprint density at radius 3 is 2.42 bits per heavy atom. The summed E-state index contributed by atoms with van der Waals surface area (Å²) in [5.74, 6) is -0.187. The molecule has 1 unspecified atom stereocenters. The summed E-state index contributed by atoms with van der Waals surface area (Å²) in [7, 11) is 0. The van der Waals surface area contributed by atoms with Crippen molar-refractivity contribution in [1.82, 2.24) is 4.31 Å². The standard InChI is InChI=1S/C13H25NO4S/c1-13(2,3)12(15)18-10-6-4-5-9-14(19(16)17)11-7-8-11/h11H,4-10H2,1-3H3,(H,16,17)/p-1. The van der Waals surface area contributed by atoms with Gasteiger partial charge in [-0.15, -0.1) is 0 Å². The Labute approximate surface area is 118 Å². The molecular weight excluding hydrogens is 266 g/mol. The number of carbonyl (C=O) groups excluding carboxylic acids is 1. The molecule has 0 N–H and O–H groups in total. The minimum absolute atomic E-state index is 0.187. The molecule has 0 aromatic heterocycles. The van der Waals surface area contributed by atoms with Gasteiger partial charge in [0.1, 0.15) is 0 Å². The molecule has 0 aliphatic heterocycles. The van der Waals surface area contributed by atoms with Gasteiger partial charge in [-0.25, -0.2) is 4.31 Å². The first-order chi connectivity index (χ1) is 8.82. The summed E-state index contributed by atoms with van der Waals surface area (Å²) in [5, 5.41) is 0. The fraction of sp³-hybridized carbons (Fsp3) is 0.923. The fourth-order valence-corrected chi connectivity index (χ4v) is 2.40. The first kappa shape index (κ1) is 16.6. The molecule has 112 valence electrons. The van der Waals surface area contributed by atoms with Gasteiger partial charge in [0.2, 0.25) is 0 Å². The number of esters is 1. The van der Waals surface area contributed by atoms with Gasteiger partial charge in [-0.2, -0.15) is 0 Å². The largest absolute Gasteiger partial charge is 0.760 e. The van der Waals surface area contributed by atoms with Crippen LogP contribution in [0.1, 0.15) is 52.9 Å². The number of ether oxygens (including phenoxy) is 1. The van der Waals surface area contributed by atoms with E-state index in [9.17, 15) is 13.6 Å². The van der Waals surface area contributed by atoms with Gasteiger partial charge < -0.3 is 9.29 Å². The first-order valence-electron chi connectivity index (χ1n) is 6.85. The summed E-state index contributed by atoms with van der Waals surface area (Å²) in [6.07, 6.45) is 4.44. The van der Waals surface area contributed by atoms with E-state index in [1.54, 1.807) is 0 Å². The van der Waals surface area contributed by atoms with Crippen molar-refractivity contribution in [2.75, 3.05) is 13.2 Å². The van der Waals surface area contributed by atoms with E-state index in [1.807, 2.05) is 20.8 Å². The Morgan fingerprint density at radius 2 is 1.95 bits per heavy atom. The SMILES string of the molecule is CC(C)(C)C(=O)OCCCCCN(C1CC1)S(=O)[O-]. The summed E-state index contributed by atoms with van der Waals surface area (Å²) < 4.78 is 28.6. The molecule has 1 atom stereocenters. The van der Waals surface area contributed by atoms with E-state index in [0.29, 0.717) is 13.2 Å². The van der Waals surface area contributed by atoms with E-state index in [4.69, 9.17) is 4.74 Å². The first-order valence-corrected chi connectivity index (χ1v) is 7.89. The summed E-state index contributed by atoms with van der Waals surface area (Å²) in [6, 6.07) is 0.233. The van der Waals surface area contributed by atoms with Crippen molar-refractivity contribution in [1.29, 1.82) is 0 Å². The highest BCUT2D eigenvalue weighted by atomic mass is 32.2. The predicted molar refractivity (Wildman–Crippen MR) is 72.9 cm³/mol. The van der Waals surface area contributed by atoms with Crippen LogP contribution in [0.25, 0.3) is 0 Å². The van der Waals surface area contributed by atoms with Crippen molar-refractivity contribution >= 4 is 17.2 Å². The van der Waals surface area contributed by atoms with Crippen molar-refractivity contribution in [2.45, 2.75) is 58.9 Å². The Hall–Kier alpha value is -0.460. The van der Waals surface area contributed by atoms with Crippen LogP contribution in [0, 0.1) is 5.41 Å². The quantitative estimate of drug-likeness (QED) is 0.389. The summed E-state index contributed by atoms with van der Waals surface area (Å²) in [4.78, 5) is 11.5. The molecule has 0 saturated heterocycles. The van der Waals surface area contributed by atoms with Crippen molar-refractivity contribution in [3.8, 4) is 0 Å². The maximum absolute atomic E-state index is 11.5. The Balaban J connectivity index is 2.05. The van der Waals surface area contributed by atoms with Crippen LogP contribution in [-0.4, -0.2) is 38.2 Å². The van der Waals surface area contributed by atoms with Crippen molar-refractivity contribution < 1.29 is 18.3 Å². The highest BCUT2D eigenvalue weighted by molar-refractivity contribution is 7.76. The zero-order chi connectivity index (χ0) is 14.5. The molecule has 0 bridgehead atoms. The third-order valence-corrected chi connectivity index (χ3v) is 3.88. The third-order valence-electron chi connectivity index (χ3n) is 3.01. The Morgan fingerprint density at radius 1 is 1.32 bits per heavy atom. The second kappa shape index (κ2) is 7.36. The molecule has 0 aromatic rings. The van der Waals surface area contributed by atoms with Gasteiger partial charge in [0.05, 0.1) is 12.0 Å². The lowest BCUT2D eigenvalue weighted by molar-refractivity contribution is -0.153. The highest BCUT2D eigenvalue weighted by Gasteiger charge is 2.29. The monoisotopic (exact) mass is 290 g/mol. The van der Waals surface area contributed by atoms with Gasteiger partial charge in [0.15, 0.2) is 0 Å². The van der Waals surface area contributed by atoms with Crippen LogP contribution in [0.15, 0.2) is 0 Å². The van der Waals surface area contributed by atoms with Crippen LogP contribution in [0.3, 0.4) is 0 Å². The molecule has 1 aliphatic rings. The normalized spacial score (nSPS) is 17.5. The zero-order valence-electron chi connectivity index (χ0n) is 12.0. The molecule has 6 heteroatoms. The molecular formula is C13H24NO4S-. The summed E-state index contributed by atoms with van der Waals surface area (Å²) in [6.45, 7) is 6.47. The Kier molecular flexibility index (Phi) is 6.42. The lowest BCUT2D eigenvalue weighted by atomic mass is 9.97. The number of carbonyl (C=O) groups is 1. The number of hydrogen-bond donors (Lipinski definition) is 0. The maximum atomic E-state index is 11.5. The minimum atomic E-state index is -2.10. The number of rotatable bonds is 8. The van der Waals surface area contributed by atoms with Crippen LogP contribution >= 0.6 is 0 Å². The molecule has 0 radical (unpaired) electrons. The van der Waals surface area contributed by atoms with E-state index in [1.165, 1.54) is 4.31 Å². The molecule has 0 amide bonds. The molecule has 0 aromatic carbocycles. The van der Waals surface area contributed by atoms with Gasteiger partial charge in [-0.3, -0.25) is 9.00 Å². The van der Waals surface area contributed by atoms with E-state index >= 15 is 0 Å². The van der Waals surface area contributed by atoms with Gasteiger partial charge in [-0.05, 0) is 52.9 Å². The zero-order valence-corrected chi connectivity index (χ0v) is 12.8. The van der Waals surface area contributed by atoms with E-state index in [0.717, 1.165) is 32.1 Å². The van der Waals surface area contributed by atoms with Crippen molar-refractivity contribution in [3.05, 3.63) is 0 Å². The van der Waals surface area contributed by atoms with Crippen LogP contribution in [-0.2, 0) is 20.8 Å². The van der Waals surface area contributed by atoms with Crippen LogP contribution in [0.4, 0.5) is 0 Å². The highest BCUT2D eigenvalue weighted by Crippen LogP contribution is 2.27. The number of hydrogen-bond acceptors (Lipinski definition) is 4. The third kappa shape index (κ3) is 6.49. The van der Waals surface area contributed by atoms with Crippen LogP contribution in [0.5, 0.6) is 0 Å². The molecule has 1 saturated carbocycles. The smallest absolute Gasteiger partial charge is 0.311 e. The topological polar surface area (TPSA) is 69.7 Å². The average Bonchev–Trinajstić information content (AvgIpc) is 3.09. The Bertz CT molecular complexity index is 323. The van der Waals surface area contributed by atoms with Gasteiger partial charge >= 0.3 is 5.97 Å². The lowest BCUT2D eigenvalue weighted by Crippen LogP contribution is -2.29. The summed E-state index contributed by atoms with van der Waals surface area (Å²) in [5.41, 5.74) is -0.456. The summed E-state index contributed by atoms with van der Waals surface area (Å²) >= 11 is -2.10. The lowest BCUT2D eigenvalue weighted by Gasteiger charge is -2.23. The van der Waals surface area contributed by atoms with Gasteiger partial charge in [-0.1, -0.05) is 0 Å². The van der Waals surface area contributed by atoms with Gasteiger partial charge in [0.25, 0.3) is 0 Å². The second-order valence-electron chi connectivity index (χ2n) is 6.04. The fourth-order valence-electron chi connectivity index (χ4n) is 1.67. The van der Waals surface area contributed by atoms with Crippen molar-refractivity contribution in [2.24, 2.45) is 5.41 Å². The molecule has 19 heavy (non-hydrogen) atoms. The predicted octanol–water partition coefficient (Wildman–Crippen LogP) is 2.00. The maximum Gasteiger partial charge on any atom is 0.311 e. The molecule has 5 nitrogen and oxygen atoms in total. The second-order valence-corrected chi connectivity index (χ2v) is 6.94. The van der Waals surface area contributed by atoms with Crippen LogP contribution in [0.2, 0.25) is 0 Å². The van der Waals surface area contributed by atoms with Crippen LogP contribution < -0.4 is 0 Å². The van der Waals surface area contributed by atoms with E-state index in [-0.39, 0.29) is 12.0 Å². The molecule has 0 spiro atoms. The molecule has 1 aliphatic carbocycles. The average molecular weight is 290 g/mol. The van der Waals surface area contributed by atoms with Crippen molar-refractivity contribution in [3.63, 3.8) is 0 Å². The minimum Gasteiger partial charge on any atom is -0.760 e. The number of nitrogens with zero attached hydrogens (tertiary/aromatic N) is 1.